The molecule has 1 aliphatic carbocycles. The molecule has 1 amide bonds. The Kier molecular flexibility index (Phi) is 5.08. The summed E-state index contributed by atoms with van der Waals surface area (Å²) in [6.07, 6.45) is 4.14. The van der Waals surface area contributed by atoms with Gasteiger partial charge in [0.15, 0.2) is 5.76 Å². The predicted octanol–water partition coefficient (Wildman–Crippen LogP) is 2.45. The van der Waals surface area contributed by atoms with Crippen molar-refractivity contribution in [1.82, 2.24) is 0 Å². The van der Waals surface area contributed by atoms with Gasteiger partial charge in [-0.2, -0.15) is 4.99 Å². The van der Waals surface area contributed by atoms with Crippen molar-refractivity contribution in [2.75, 3.05) is 21.3 Å². The van der Waals surface area contributed by atoms with Crippen LogP contribution >= 0.6 is 0 Å². The molecule has 0 aromatic heterocycles. The van der Waals surface area contributed by atoms with Crippen molar-refractivity contribution < 1.29 is 23.7 Å². The average molecular weight is 283 g/mol. The molecule has 6 nitrogen and oxygen atoms in total. The van der Waals surface area contributed by atoms with Crippen molar-refractivity contribution in [3.63, 3.8) is 0 Å². The van der Waals surface area contributed by atoms with E-state index in [1.165, 1.54) is 21.3 Å². The zero-order valence-corrected chi connectivity index (χ0v) is 12.7. The Morgan fingerprint density at radius 2 is 1.80 bits per heavy atom. The van der Waals surface area contributed by atoms with Crippen LogP contribution in [0.2, 0.25) is 0 Å². The maximum absolute atomic E-state index is 11.6. The van der Waals surface area contributed by atoms with E-state index >= 15 is 0 Å². The minimum Gasteiger partial charge on any atom is -0.495 e. The highest BCUT2D eigenvalue weighted by Crippen LogP contribution is 2.27. The van der Waals surface area contributed by atoms with E-state index in [2.05, 4.69) is 4.99 Å². The summed E-state index contributed by atoms with van der Waals surface area (Å²) in [6.45, 7) is 5.33. The Labute approximate surface area is 119 Å². The third-order valence-electron chi connectivity index (χ3n) is 2.54. The first kappa shape index (κ1) is 16.4. The maximum Gasteiger partial charge on any atom is 0.434 e. The Balaban J connectivity index is 2.97. The van der Waals surface area contributed by atoms with E-state index in [1.807, 2.05) is 0 Å². The van der Waals surface area contributed by atoms with Crippen LogP contribution in [0, 0.1) is 0 Å². The largest absolute Gasteiger partial charge is 0.495 e. The van der Waals surface area contributed by atoms with Gasteiger partial charge in [0, 0.05) is 20.3 Å². The molecule has 1 rings (SSSR count). The molecule has 0 N–H and O–H groups in total. The second-order valence-electron chi connectivity index (χ2n) is 5.14. The number of amides is 1. The zero-order valence-electron chi connectivity index (χ0n) is 12.7. The lowest BCUT2D eigenvalue weighted by Crippen LogP contribution is -2.37. The molecule has 1 aliphatic rings. The molecule has 0 unspecified atom stereocenters. The molecule has 0 aliphatic heterocycles. The number of methoxy groups -OCH3 is 3. The van der Waals surface area contributed by atoms with Crippen LogP contribution in [0.3, 0.4) is 0 Å². The Hall–Kier alpha value is -1.66. The first-order valence-electron chi connectivity index (χ1n) is 6.13. The fourth-order valence-corrected chi connectivity index (χ4v) is 1.64. The lowest BCUT2D eigenvalue weighted by atomic mass is 10.1. The second kappa shape index (κ2) is 6.19. The van der Waals surface area contributed by atoms with Crippen molar-refractivity contribution in [3.05, 3.63) is 24.0 Å². The topological polar surface area (TPSA) is 66.4 Å². The van der Waals surface area contributed by atoms with E-state index < -0.39 is 17.5 Å². The molecular formula is C14H21NO5. The van der Waals surface area contributed by atoms with E-state index in [0.29, 0.717) is 11.5 Å². The molecule has 0 saturated heterocycles. The van der Waals surface area contributed by atoms with Gasteiger partial charge < -0.3 is 18.9 Å². The number of nitrogens with zero attached hydrogens (tertiary/aromatic N) is 1. The molecule has 112 valence electrons. The molecule has 0 bridgehead atoms. The van der Waals surface area contributed by atoms with Gasteiger partial charge in [-0.05, 0) is 32.9 Å². The zero-order chi connectivity index (χ0) is 15.4. The summed E-state index contributed by atoms with van der Waals surface area (Å²) in [6, 6.07) is 0. The highest BCUT2D eigenvalue weighted by Gasteiger charge is 2.36. The van der Waals surface area contributed by atoms with Gasteiger partial charge in [0.1, 0.15) is 5.60 Å². The fraction of sp³-hybridized carbons (Fsp3) is 0.571. The van der Waals surface area contributed by atoms with E-state index in [0.717, 1.165) is 0 Å². The fourth-order valence-electron chi connectivity index (χ4n) is 1.64. The summed E-state index contributed by atoms with van der Waals surface area (Å²) < 4.78 is 20.9. The summed E-state index contributed by atoms with van der Waals surface area (Å²) in [5, 5.41) is 0. The number of hydrogen-bond donors (Lipinski definition) is 0. The lowest BCUT2D eigenvalue weighted by Gasteiger charge is -2.30. The number of carbonyl (C=O) groups excluding carboxylic acids is 1. The van der Waals surface area contributed by atoms with Gasteiger partial charge >= 0.3 is 6.09 Å². The molecule has 0 heterocycles. The summed E-state index contributed by atoms with van der Waals surface area (Å²) in [7, 11) is 4.48. The Morgan fingerprint density at radius 3 is 2.25 bits per heavy atom. The number of rotatable bonds is 3. The van der Waals surface area contributed by atoms with E-state index in [9.17, 15) is 4.79 Å². The number of carbonyl (C=O) groups is 1. The minimum atomic E-state index is -1.10. The first-order valence-corrected chi connectivity index (χ1v) is 6.13. The quantitative estimate of drug-likeness (QED) is 0.744. The molecule has 0 atom stereocenters. The maximum atomic E-state index is 11.6. The minimum absolute atomic E-state index is 0.396. The average Bonchev–Trinajstić information content (AvgIpc) is 2.36. The SMILES string of the molecule is COC1=C/C(=N\C(=O)OC(C)(C)C)C=CC1(OC)OC. The van der Waals surface area contributed by atoms with E-state index in [4.69, 9.17) is 18.9 Å². The van der Waals surface area contributed by atoms with Crippen molar-refractivity contribution in [3.8, 4) is 0 Å². The molecule has 0 aromatic rings. The van der Waals surface area contributed by atoms with Crippen molar-refractivity contribution in [2.24, 2.45) is 4.99 Å². The summed E-state index contributed by atoms with van der Waals surface area (Å²) in [5.74, 6) is -0.700. The number of hydrogen-bond acceptors (Lipinski definition) is 5. The molecule has 20 heavy (non-hydrogen) atoms. The second-order valence-corrected chi connectivity index (χ2v) is 5.14. The summed E-state index contributed by atoms with van der Waals surface area (Å²) in [4.78, 5) is 15.5. The van der Waals surface area contributed by atoms with Crippen LogP contribution in [0.4, 0.5) is 4.79 Å². The highest BCUT2D eigenvalue weighted by molar-refractivity contribution is 6.09. The van der Waals surface area contributed by atoms with Gasteiger partial charge in [-0.15, -0.1) is 0 Å². The highest BCUT2D eigenvalue weighted by atomic mass is 16.7. The Morgan fingerprint density at radius 1 is 1.20 bits per heavy atom. The van der Waals surface area contributed by atoms with E-state index in [1.54, 1.807) is 39.0 Å². The number of aliphatic imine (C=N–C) groups is 1. The molecule has 6 heteroatoms. The van der Waals surface area contributed by atoms with Gasteiger partial charge in [-0.25, -0.2) is 4.79 Å². The number of ether oxygens (including phenoxy) is 4. The molecule has 0 radical (unpaired) electrons. The van der Waals surface area contributed by atoms with Crippen LogP contribution in [0.15, 0.2) is 29.0 Å². The lowest BCUT2D eigenvalue weighted by molar-refractivity contribution is -0.165. The van der Waals surface area contributed by atoms with Gasteiger partial charge in [-0.1, -0.05) is 0 Å². The van der Waals surface area contributed by atoms with Gasteiger partial charge in [-0.3, -0.25) is 0 Å². The van der Waals surface area contributed by atoms with Crippen LogP contribution in [0.25, 0.3) is 0 Å². The van der Waals surface area contributed by atoms with Crippen LogP contribution in [-0.2, 0) is 18.9 Å². The third-order valence-corrected chi connectivity index (χ3v) is 2.54. The summed E-state index contributed by atoms with van der Waals surface area (Å²) >= 11 is 0. The van der Waals surface area contributed by atoms with Gasteiger partial charge in [0.25, 0.3) is 0 Å². The molecule has 0 aromatic carbocycles. The predicted molar refractivity (Wildman–Crippen MR) is 74.7 cm³/mol. The van der Waals surface area contributed by atoms with Crippen molar-refractivity contribution in [2.45, 2.75) is 32.2 Å². The normalized spacial score (nSPS) is 19.7. The molecule has 0 saturated carbocycles. The van der Waals surface area contributed by atoms with Crippen molar-refractivity contribution >= 4 is 11.8 Å². The molecule has 0 fully saturated rings. The third kappa shape index (κ3) is 3.91. The van der Waals surface area contributed by atoms with Crippen LogP contribution < -0.4 is 0 Å². The molecular weight excluding hydrogens is 262 g/mol. The van der Waals surface area contributed by atoms with Crippen molar-refractivity contribution in [1.29, 1.82) is 0 Å². The summed E-state index contributed by atoms with van der Waals surface area (Å²) in [5.41, 5.74) is -0.184. The smallest absolute Gasteiger partial charge is 0.434 e. The Bertz CT molecular complexity index is 453. The standard InChI is InChI=1S/C14H21NO5/c1-13(2,3)20-12(16)15-10-7-8-14(18-5,19-6)11(9-10)17-4/h7-9H,1-6H3/b15-10-. The first-order chi connectivity index (χ1) is 9.26. The van der Waals surface area contributed by atoms with Gasteiger partial charge in [0.05, 0.1) is 12.8 Å². The monoisotopic (exact) mass is 283 g/mol. The molecule has 0 spiro atoms. The van der Waals surface area contributed by atoms with Crippen LogP contribution in [0.5, 0.6) is 0 Å². The van der Waals surface area contributed by atoms with Gasteiger partial charge in [0.2, 0.25) is 5.79 Å². The van der Waals surface area contributed by atoms with Crippen LogP contribution in [0.1, 0.15) is 20.8 Å². The van der Waals surface area contributed by atoms with Crippen LogP contribution in [-0.4, -0.2) is 44.5 Å². The van der Waals surface area contributed by atoms with E-state index in [-0.39, 0.29) is 0 Å². The number of allylic oxidation sites excluding steroid dienone is 2.